The van der Waals surface area contributed by atoms with Crippen molar-refractivity contribution in [1.82, 2.24) is 4.90 Å². The summed E-state index contributed by atoms with van der Waals surface area (Å²) < 4.78 is 16.7. The predicted molar refractivity (Wildman–Crippen MR) is 102 cm³/mol. The second-order valence-corrected chi connectivity index (χ2v) is 6.56. The first-order valence-corrected chi connectivity index (χ1v) is 8.98. The molecule has 0 saturated carbocycles. The number of amides is 1. The molecule has 0 radical (unpaired) electrons. The van der Waals surface area contributed by atoms with E-state index in [2.05, 4.69) is 0 Å². The number of aliphatic carboxylic acids is 1. The molecule has 1 atom stereocenters. The van der Waals surface area contributed by atoms with Gasteiger partial charge in [-0.1, -0.05) is 30.3 Å². The summed E-state index contributed by atoms with van der Waals surface area (Å²) >= 11 is 0. The summed E-state index contributed by atoms with van der Waals surface area (Å²) in [4.78, 5) is 25.5. The van der Waals surface area contributed by atoms with Crippen LogP contribution >= 0.6 is 0 Å². The minimum Gasteiger partial charge on any atom is -0.493 e. The van der Waals surface area contributed by atoms with E-state index in [4.69, 9.17) is 19.3 Å². The molecule has 0 aromatic heterocycles. The van der Waals surface area contributed by atoms with E-state index in [0.717, 1.165) is 5.56 Å². The van der Waals surface area contributed by atoms with Crippen molar-refractivity contribution < 1.29 is 28.9 Å². The molecule has 1 unspecified atom stereocenters. The molecular weight excluding hydrogens is 362 g/mol. The van der Waals surface area contributed by atoms with Crippen LogP contribution in [0.25, 0.3) is 0 Å². The number of carboxylic acid groups (broad SMARTS) is 1. The Morgan fingerprint density at radius 2 is 1.75 bits per heavy atom. The van der Waals surface area contributed by atoms with Crippen LogP contribution in [0, 0.1) is 5.92 Å². The predicted octanol–water partition coefficient (Wildman–Crippen LogP) is 2.83. The van der Waals surface area contributed by atoms with E-state index in [1.165, 1.54) is 19.1 Å². The van der Waals surface area contributed by atoms with Crippen LogP contribution in [0.3, 0.4) is 0 Å². The number of rotatable bonds is 7. The molecule has 1 aliphatic rings. The molecule has 28 heavy (non-hydrogen) atoms. The Morgan fingerprint density at radius 1 is 1.11 bits per heavy atom. The Balaban J connectivity index is 1.82. The van der Waals surface area contributed by atoms with Crippen LogP contribution in [0.5, 0.6) is 17.2 Å². The van der Waals surface area contributed by atoms with E-state index in [-0.39, 0.29) is 12.5 Å². The zero-order valence-electron chi connectivity index (χ0n) is 15.9. The molecule has 1 amide bonds. The van der Waals surface area contributed by atoms with Gasteiger partial charge in [0.1, 0.15) is 6.61 Å². The fourth-order valence-electron chi connectivity index (χ4n) is 3.20. The summed E-state index contributed by atoms with van der Waals surface area (Å²) in [5.41, 5.74) is 1.36. The van der Waals surface area contributed by atoms with E-state index >= 15 is 0 Å². The number of benzene rings is 2. The molecule has 0 spiro atoms. The van der Waals surface area contributed by atoms with Crippen molar-refractivity contribution in [3.63, 3.8) is 0 Å². The smallest absolute Gasteiger partial charge is 0.308 e. The van der Waals surface area contributed by atoms with Crippen LogP contribution in [0.2, 0.25) is 0 Å². The minimum atomic E-state index is -0.880. The zero-order valence-corrected chi connectivity index (χ0v) is 15.9. The van der Waals surface area contributed by atoms with E-state index in [1.807, 2.05) is 30.3 Å². The maximum absolute atomic E-state index is 12.8. The van der Waals surface area contributed by atoms with Gasteiger partial charge in [0, 0.05) is 18.7 Å². The number of likely N-dealkylation sites (tertiary alicyclic amines) is 1. The molecule has 1 fully saturated rings. The largest absolute Gasteiger partial charge is 0.493 e. The molecule has 2 aromatic carbocycles. The highest BCUT2D eigenvalue weighted by Gasteiger charge is 2.32. The molecule has 0 aliphatic carbocycles. The standard InChI is InChI=1S/C21H23NO6/c1-26-17-10-16(20(23)22-9-8-15(12-22)21(24)25)11-18(27-2)19(17)28-13-14-6-4-3-5-7-14/h3-7,10-11,15H,8-9,12-13H2,1-2H3,(H,24,25). The number of carbonyl (C=O) groups is 2. The first-order valence-electron chi connectivity index (χ1n) is 8.98. The van der Waals surface area contributed by atoms with Crippen molar-refractivity contribution >= 4 is 11.9 Å². The average molecular weight is 385 g/mol. The monoisotopic (exact) mass is 385 g/mol. The molecule has 7 nitrogen and oxygen atoms in total. The fourth-order valence-corrected chi connectivity index (χ4v) is 3.20. The van der Waals surface area contributed by atoms with Crippen molar-refractivity contribution in [2.45, 2.75) is 13.0 Å². The Morgan fingerprint density at radius 3 is 2.29 bits per heavy atom. The van der Waals surface area contributed by atoms with Gasteiger partial charge < -0.3 is 24.2 Å². The van der Waals surface area contributed by atoms with Gasteiger partial charge in [-0.3, -0.25) is 9.59 Å². The van der Waals surface area contributed by atoms with Gasteiger partial charge in [0.15, 0.2) is 11.5 Å². The van der Waals surface area contributed by atoms with E-state index in [0.29, 0.717) is 42.4 Å². The molecule has 1 heterocycles. The number of hydrogen-bond acceptors (Lipinski definition) is 5. The zero-order chi connectivity index (χ0) is 20.1. The Kier molecular flexibility index (Phi) is 6.03. The molecule has 0 bridgehead atoms. The van der Waals surface area contributed by atoms with Gasteiger partial charge in [-0.2, -0.15) is 0 Å². The summed E-state index contributed by atoms with van der Waals surface area (Å²) in [6.07, 6.45) is 0.452. The lowest BCUT2D eigenvalue weighted by Gasteiger charge is -2.19. The SMILES string of the molecule is COc1cc(C(=O)N2CCC(C(=O)O)C2)cc(OC)c1OCc1ccccc1. The molecule has 1 N–H and O–H groups in total. The van der Waals surface area contributed by atoms with Gasteiger partial charge in [0.05, 0.1) is 20.1 Å². The van der Waals surface area contributed by atoms with Gasteiger partial charge in [0.2, 0.25) is 5.75 Å². The van der Waals surface area contributed by atoms with Crippen LogP contribution in [0.4, 0.5) is 0 Å². The van der Waals surface area contributed by atoms with Crippen LogP contribution in [0.15, 0.2) is 42.5 Å². The second-order valence-electron chi connectivity index (χ2n) is 6.56. The molecular formula is C21H23NO6. The van der Waals surface area contributed by atoms with E-state index in [9.17, 15) is 9.59 Å². The third-order valence-electron chi connectivity index (χ3n) is 4.76. The van der Waals surface area contributed by atoms with E-state index in [1.54, 1.807) is 12.1 Å². The lowest BCUT2D eigenvalue weighted by Crippen LogP contribution is -2.30. The van der Waals surface area contributed by atoms with Crippen molar-refractivity contribution in [1.29, 1.82) is 0 Å². The van der Waals surface area contributed by atoms with Crippen LogP contribution in [-0.2, 0) is 11.4 Å². The van der Waals surface area contributed by atoms with Crippen molar-refractivity contribution in [2.24, 2.45) is 5.92 Å². The summed E-state index contributed by atoms with van der Waals surface area (Å²) in [7, 11) is 2.99. The lowest BCUT2D eigenvalue weighted by molar-refractivity contribution is -0.141. The number of carbonyl (C=O) groups excluding carboxylic acids is 1. The molecule has 2 aromatic rings. The number of hydrogen-bond donors (Lipinski definition) is 1. The minimum absolute atomic E-state index is 0.199. The summed E-state index contributed by atoms with van der Waals surface area (Å²) in [5.74, 6) is -0.484. The van der Waals surface area contributed by atoms with Crippen LogP contribution in [0.1, 0.15) is 22.3 Å². The van der Waals surface area contributed by atoms with Gasteiger partial charge in [0.25, 0.3) is 5.91 Å². The van der Waals surface area contributed by atoms with E-state index < -0.39 is 11.9 Å². The van der Waals surface area contributed by atoms with Gasteiger partial charge >= 0.3 is 5.97 Å². The number of ether oxygens (including phenoxy) is 3. The highest BCUT2D eigenvalue weighted by Crippen LogP contribution is 2.39. The summed E-state index contributed by atoms with van der Waals surface area (Å²) in [6.45, 7) is 0.936. The second kappa shape index (κ2) is 8.65. The van der Waals surface area contributed by atoms with Gasteiger partial charge in [-0.15, -0.1) is 0 Å². The fraction of sp³-hybridized carbons (Fsp3) is 0.333. The number of nitrogens with zero attached hydrogens (tertiary/aromatic N) is 1. The molecule has 1 aliphatic heterocycles. The van der Waals surface area contributed by atoms with Crippen molar-refractivity contribution in [3.8, 4) is 17.2 Å². The Hall–Kier alpha value is -3.22. The van der Waals surface area contributed by atoms with Crippen LogP contribution in [-0.4, -0.2) is 49.2 Å². The number of methoxy groups -OCH3 is 2. The maximum Gasteiger partial charge on any atom is 0.308 e. The first-order chi connectivity index (χ1) is 13.5. The normalized spacial score (nSPS) is 15.9. The maximum atomic E-state index is 12.8. The summed E-state index contributed by atoms with van der Waals surface area (Å²) in [5, 5.41) is 9.14. The Bertz CT molecular complexity index is 826. The third kappa shape index (κ3) is 4.19. The molecule has 148 valence electrons. The van der Waals surface area contributed by atoms with Crippen molar-refractivity contribution in [3.05, 3.63) is 53.6 Å². The van der Waals surface area contributed by atoms with Gasteiger partial charge in [-0.05, 0) is 24.1 Å². The molecule has 1 saturated heterocycles. The van der Waals surface area contributed by atoms with Gasteiger partial charge in [-0.25, -0.2) is 0 Å². The lowest BCUT2D eigenvalue weighted by atomic mass is 10.1. The Labute approximate surface area is 163 Å². The number of carboxylic acids is 1. The topological polar surface area (TPSA) is 85.3 Å². The molecule has 7 heteroatoms. The average Bonchev–Trinajstić information content (AvgIpc) is 3.22. The third-order valence-corrected chi connectivity index (χ3v) is 4.76. The highest BCUT2D eigenvalue weighted by molar-refractivity contribution is 5.96. The van der Waals surface area contributed by atoms with Crippen molar-refractivity contribution in [2.75, 3.05) is 27.3 Å². The first kappa shape index (κ1) is 19.5. The molecule has 3 rings (SSSR count). The highest BCUT2D eigenvalue weighted by atomic mass is 16.5. The summed E-state index contributed by atoms with van der Waals surface area (Å²) in [6, 6.07) is 12.9. The quantitative estimate of drug-likeness (QED) is 0.789. The van der Waals surface area contributed by atoms with Crippen LogP contribution < -0.4 is 14.2 Å².